The second-order valence-corrected chi connectivity index (χ2v) is 1.78. The van der Waals surface area contributed by atoms with E-state index in [1.807, 2.05) is 0 Å². The molecule has 0 unspecified atom stereocenters. The summed E-state index contributed by atoms with van der Waals surface area (Å²) in [5, 5.41) is 0. The molecule has 1 aliphatic carbocycles. The first-order valence-electron chi connectivity index (χ1n) is 2.58. The summed E-state index contributed by atoms with van der Waals surface area (Å²) in [7, 11) is 0. The molecule has 0 aliphatic heterocycles. The Labute approximate surface area is 47.7 Å². The number of hydrogen-bond acceptors (Lipinski definition) is 1. The highest BCUT2D eigenvalue weighted by Gasteiger charge is 2.01. The maximum atomic E-state index is 12.1. The van der Waals surface area contributed by atoms with Crippen LogP contribution in [0.25, 0.3) is 0 Å². The summed E-state index contributed by atoms with van der Waals surface area (Å²) in [4.78, 5) is 0. The van der Waals surface area contributed by atoms with Crippen LogP contribution in [0.2, 0.25) is 0 Å². The molecule has 0 aromatic rings. The van der Waals surface area contributed by atoms with Crippen molar-refractivity contribution in [3.05, 3.63) is 23.6 Å². The SMILES string of the molecule is NCC1=CCC(F)=C1. The average molecular weight is 113 g/mol. The Kier molecular flexibility index (Phi) is 1.44. The quantitative estimate of drug-likeness (QED) is 0.542. The van der Waals surface area contributed by atoms with Gasteiger partial charge in [0.25, 0.3) is 0 Å². The van der Waals surface area contributed by atoms with Gasteiger partial charge in [-0.15, -0.1) is 0 Å². The van der Waals surface area contributed by atoms with Crippen LogP contribution in [0.5, 0.6) is 0 Å². The summed E-state index contributed by atoms with van der Waals surface area (Å²) in [6, 6.07) is 0. The molecule has 0 fully saturated rings. The third kappa shape index (κ3) is 0.954. The molecular weight excluding hydrogens is 105 g/mol. The van der Waals surface area contributed by atoms with E-state index >= 15 is 0 Å². The van der Waals surface area contributed by atoms with Crippen LogP contribution in [0.3, 0.4) is 0 Å². The Hall–Kier alpha value is -0.630. The van der Waals surface area contributed by atoms with Crippen molar-refractivity contribution in [2.75, 3.05) is 6.54 Å². The zero-order chi connectivity index (χ0) is 5.98. The molecule has 0 spiro atoms. The van der Waals surface area contributed by atoms with Crippen molar-refractivity contribution in [3.8, 4) is 0 Å². The molecule has 0 saturated heterocycles. The molecule has 1 rings (SSSR count). The zero-order valence-corrected chi connectivity index (χ0v) is 4.52. The summed E-state index contributed by atoms with van der Waals surface area (Å²) < 4.78 is 12.1. The molecule has 1 nitrogen and oxygen atoms in total. The summed E-state index contributed by atoms with van der Waals surface area (Å²) in [5.41, 5.74) is 6.12. The fourth-order valence-electron chi connectivity index (χ4n) is 0.690. The fraction of sp³-hybridized carbons (Fsp3) is 0.333. The first kappa shape index (κ1) is 5.51. The lowest BCUT2D eigenvalue weighted by Crippen LogP contribution is -1.98. The zero-order valence-electron chi connectivity index (χ0n) is 4.52. The van der Waals surface area contributed by atoms with Gasteiger partial charge in [-0.2, -0.15) is 0 Å². The van der Waals surface area contributed by atoms with Crippen LogP contribution >= 0.6 is 0 Å². The molecule has 0 radical (unpaired) electrons. The van der Waals surface area contributed by atoms with Crippen molar-refractivity contribution in [2.24, 2.45) is 5.73 Å². The van der Waals surface area contributed by atoms with Gasteiger partial charge in [-0.05, 0) is 11.6 Å². The lowest BCUT2D eigenvalue weighted by molar-refractivity contribution is 0.623. The maximum Gasteiger partial charge on any atom is 0.104 e. The van der Waals surface area contributed by atoms with Crippen LogP contribution in [0.15, 0.2) is 23.6 Å². The number of rotatable bonds is 1. The summed E-state index contributed by atoms with van der Waals surface area (Å²) in [5.74, 6) is -0.0783. The molecule has 2 heteroatoms. The monoisotopic (exact) mass is 113 g/mol. The molecule has 0 aromatic heterocycles. The predicted octanol–water partition coefficient (Wildman–Crippen LogP) is 1.13. The van der Waals surface area contributed by atoms with E-state index in [4.69, 9.17) is 5.73 Å². The molecule has 0 bridgehead atoms. The minimum absolute atomic E-state index is 0.0783. The second kappa shape index (κ2) is 2.09. The van der Waals surface area contributed by atoms with Gasteiger partial charge in [0.1, 0.15) is 5.83 Å². The van der Waals surface area contributed by atoms with Gasteiger partial charge in [-0.1, -0.05) is 6.08 Å². The molecule has 2 N–H and O–H groups in total. The lowest BCUT2D eigenvalue weighted by Gasteiger charge is -1.84. The minimum atomic E-state index is -0.0783. The third-order valence-electron chi connectivity index (χ3n) is 1.14. The Balaban J connectivity index is 2.58. The van der Waals surface area contributed by atoms with Crippen LogP contribution in [0, 0.1) is 0 Å². The largest absolute Gasteiger partial charge is 0.327 e. The Morgan fingerprint density at radius 3 is 2.75 bits per heavy atom. The van der Waals surface area contributed by atoms with Crippen LogP contribution in [0.1, 0.15) is 6.42 Å². The number of hydrogen-bond donors (Lipinski definition) is 1. The Bertz CT molecular complexity index is 147. The van der Waals surface area contributed by atoms with Gasteiger partial charge < -0.3 is 5.73 Å². The van der Waals surface area contributed by atoms with Crippen molar-refractivity contribution in [2.45, 2.75) is 6.42 Å². The molecule has 0 atom stereocenters. The predicted molar refractivity (Wildman–Crippen MR) is 30.9 cm³/mol. The van der Waals surface area contributed by atoms with Gasteiger partial charge in [0.15, 0.2) is 0 Å². The smallest absolute Gasteiger partial charge is 0.104 e. The van der Waals surface area contributed by atoms with Crippen molar-refractivity contribution in [3.63, 3.8) is 0 Å². The van der Waals surface area contributed by atoms with E-state index in [-0.39, 0.29) is 5.83 Å². The van der Waals surface area contributed by atoms with Crippen molar-refractivity contribution in [1.29, 1.82) is 0 Å². The van der Waals surface area contributed by atoms with Gasteiger partial charge in [0.2, 0.25) is 0 Å². The summed E-state index contributed by atoms with van der Waals surface area (Å²) in [6.45, 7) is 0.452. The van der Waals surface area contributed by atoms with E-state index in [1.54, 1.807) is 6.08 Å². The normalized spacial score (nSPS) is 18.2. The lowest BCUT2D eigenvalue weighted by atomic mass is 10.3. The summed E-state index contributed by atoms with van der Waals surface area (Å²) in [6.07, 6.45) is 3.72. The molecule has 0 aromatic carbocycles. The molecule has 8 heavy (non-hydrogen) atoms. The van der Waals surface area contributed by atoms with Crippen molar-refractivity contribution < 1.29 is 4.39 Å². The van der Waals surface area contributed by atoms with Crippen LogP contribution in [0.4, 0.5) is 4.39 Å². The fourth-order valence-corrected chi connectivity index (χ4v) is 0.690. The van der Waals surface area contributed by atoms with Gasteiger partial charge >= 0.3 is 0 Å². The molecular formula is C6H8FN. The minimum Gasteiger partial charge on any atom is -0.327 e. The number of nitrogens with two attached hydrogens (primary N) is 1. The van der Waals surface area contributed by atoms with Crippen molar-refractivity contribution in [1.82, 2.24) is 0 Å². The van der Waals surface area contributed by atoms with E-state index < -0.39 is 0 Å². The van der Waals surface area contributed by atoms with Crippen molar-refractivity contribution >= 4 is 0 Å². The molecule has 0 amide bonds. The topological polar surface area (TPSA) is 26.0 Å². The second-order valence-electron chi connectivity index (χ2n) is 1.78. The van der Waals surface area contributed by atoms with Gasteiger partial charge in [0, 0.05) is 13.0 Å². The van der Waals surface area contributed by atoms with Crippen LogP contribution < -0.4 is 5.73 Å². The first-order valence-corrected chi connectivity index (χ1v) is 2.58. The Morgan fingerprint density at radius 1 is 1.75 bits per heavy atom. The maximum absolute atomic E-state index is 12.1. The third-order valence-corrected chi connectivity index (χ3v) is 1.14. The van der Waals surface area contributed by atoms with Crippen LogP contribution in [-0.2, 0) is 0 Å². The first-order chi connectivity index (χ1) is 3.83. The molecule has 0 heterocycles. The van der Waals surface area contributed by atoms with E-state index in [1.165, 1.54) is 6.08 Å². The number of halogens is 1. The highest BCUT2D eigenvalue weighted by molar-refractivity contribution is 5.29. The molecule has 1 aliphatic rings. The van der Waals surface area contributed by atoms with E-state index in [0.29, 0.717) is 13.0 Å². The summed E-state index contributed by atoms with van der Waals surface area (Å²) >= 11 is 0. The molecule has 44 valence electrons. The van der Waals surface area contributed by atoms with E-state index in [2.05, 4.69) is 0 Å². The average Bonchev–Trinajstić information content (AvgIpc) is 2.14. The van der Waals surface area contributed by atoms with Gasteiger partial charge in [-0.3, -0.25) is 0 Å². The Morgan fingerprint density at radius 2 is 2.50 bits per heavy atom. The van der Waals surface area contributed by atoms with E-state index in [0.717, 1.165) is 5.57 Å². The van der Waals surface area contributed by atoms with Gasteiger partial charge in [0.05, 0.1) is 0 Å². The highest BCUT2D eigenvalue weighted by Crippen LogP contribution is 2.16. The van der Waals surface area contributed by atoms with E-state index in [9.17, 15) is 4.39 Å². The number of allylic oxidation sites excluding steroid dienone is 2. The van der Waals surface area contributed by atoms with Crippen LogP contribution in [-0.4, -0.2) is 6.54 Å². The standard InChI is InChI=1S/C6H8FN/c7-6-2-1-5(3-6)4-8/h1,3H,2,4,8H2. The molecule has 0 saturated carbocycles. The highest BCUT2D eigenvalue weighted by atomic mass is 19.1. The van der Waals surface area contributed by atoms with Gasteiger partial charge in [-0.25, -0.2) is 4.39 Å².